The minimum absolute atomic E-state index is 0.00157. The molecule has 1 aromatic heterocycles. The fourth-order valence-corrected chi connectivity index (χ4v) is 5.29. The molecule has 0 radical (unpaired) electrons. The van der Waals surface area contributed by atoms with Crippen molar-refractivity contribution in [3.8, 4) is 22.8 Å². The van der Waals surface area contributed by atoms with E-state index in [2.05, 4.69) is 15.2 Å². The SMILES string of the molecule is C[C@](O)(CNC(=O)c1ccc(N2CCOCC2)c(OC2CC2)c1)c1cc2c(c(-c3ccc(F)cc3)n1)OC[C@]2(C)C(N)=O. The number of ether oxygens (including phenoxy) is 3. The lowest BCUT2D eigenvalue weighted by atomic mass is 9.82. The number of amides is 2. The summed E-state index contributed by atoms with van der Waals surface area (Å²) in [5.74, 6) is -0.400. The summed E-state index contributed by atoms with van der Waals surface area (Å²) < 4.78 is 31.2. The van der Waals surface area contributed by atoms with Crippen LogP contribution in [0.5, 0.6) is 11.5 Å². The maximum atomic E-state index is 13.7. The molecule has 3 aromatic rings. The van der Waals surface area contributed by atoms with Gasteiger partial charge in [-0.3, -0.25) is 9.59 Å². The number of fused-ring (bicyclic) bond motifs is 1. The van der Waals surface area contributed by atoms with Crippen molar-refractivity contribution >= 4 is 17.5 Å². The van der Waals surface area contributed by atoms with Crippen LogP contribution in [0.1, 0.15) is 48.3 Å². The Labute approximate surface area is 248 Å². The van der Waals surface area contributed by atoms with E-state index in [9.17, 15) is 19.1 Å². The Kier molecular flexibility index (Phi) is 7.47. The Hall–Kier alpha value is -4.22. The number of nitrogens with zero attached hydrogens (tertiary/aromatic N) is 2. The zero-order chi connectivity index (χ0) is 30.4. The average molecular weight is 591 g/mol. The van der Waals surface area contributed by atoms with Crippen LogP contribution in [0.25, 0.3) is 11.3 Å². The van der Waals surface area contributed by atoms with Crippen LogP contribution in [0, 0.1) is 5.82 Å². The first-order valence-electron chi connectivity index (χ1n) is 14.4. The highest BCUT2D eigenvalue weighted by Crippen LogP contribution is 2.45. The quantitative estimate of drug-likeness (QED) is 0.346. The van der Waals surface area contributed by atoms with Crippen molar-refractivity contribution in [3.05, 3.63) is 71.2 Å². The Morgan fingerprint density at radius 1 is 1.19 bits per heavy atom. The van der Waals surface area contributed by atoms with E-state index in [0.717, 1.165) is 31.6 Å². The second-order valence-corrected chi connectivity index (χ2v) is 11.8. The Balaban J connectivity index is 1.27. The molecule has 1 saturated carbocycles. The lowest BCUT2D eigenvalue weighted by Crippen LogP contribution is -2.41. The monoisotopic (exact) mass is 590 g/mol. The van der Waals surface area contributed by atoms with Crippen LogP contribution in [0.15, 0.2) is 48.5 Å². The van der Waals surface area contributed by atoms with Crippen LogP contribution in [-0.2, 0) is 20.5 Å². The number of nitrogens with one attached hydrogen (secondary N) is 1. The van der Waals surface area contributed by atoms with Crippen molar-refractivity contribution in [2.45, 2.75) is 43.8 Å². The number of primary amides is 1. The third kappa shape index (κ3) is 5.74. The minimum Gasteiger partial charge on any atom is -0.489 e. The van der Waals surface area contributed by atoms with Gasteiger partial charge < -0.3 is 35.3 Å². The zero-order valence-electron chi connectivity index (χ0n) is 24.2. The Bertz CT molecular complexity index is 1550. The van der Waals surface area contributed by atoms with Crippen LogP contribution in [-0.4, -0.2) is 67.5 Å². The second-order valence-electron chi connectivity index (χ2n) is 11.8. The molecule has 11 heteroatoms. The van der Waals surface area contributed by atoms with Gasteiger partial charge >= 0.3 is 0 Å². The number of anilines is 1. The number of hydrogen-bond donors (Lipinski definition) is 3. The molecular formula is C32H35FN4O6. The van der Waals surface area contributed by atoms with Crippen LogP contribution >= 0.6 is 0 Å². The predicted molar refractivity (Wildman–Crippen MR) is 157 cm³/mol. The number of carbonyl (C=O) groups is 2. The smallest absolute Gasteiger partial charge is 0.251 e. The molecule has 0 bridgehead atoms. The lowest BCUT2D eigenvalue weighted by Gasteiger charge is -2.30. The minimum atomic E-state index is -1.65. The normalized spacial score (nSPS) is 21.0. The Morgan fingerprint density at radius 3 is 2.58 bits per heavy atom. The highest BCUT2D eigenvalue weighted by Gasteiger charge is 2.45. The number of rotatable bonds is 9. The molecule has 0 unspecified atom stereocenters. The molecule has 3 aliphatic rings. The van der Waals surface area contributed by atoms with Crippen molar-refractivity contribution in [1.82, 2.24) is 10.3 Å². The molecule has 2 amide bonds. The first-order valence-corrected chi connectivity index (χ1v) is 14.4. The molecule has 0 spiro atoms. The molecule has 2 fully saturated rings. The molecule has 3 heterocycles. The molecule has 2 aromatic carbocycles. The van der Waals surface area contributed by atoms with Crippen molar-refractivity contribution in [1.29, 1.82) is 0 Å². The van der Waals surface area contributed by atoms with Gasteiger partial charge in [0.15, 0.2) is 0 Å². The van der Waals surface area contributed by atoms with Gasteiger partial charge in [-0.05, 0) is 75.2 Å². The standard InChI is InChI=1S/C32H35FN4O6/c1-31(30(34)39)18-42-28-23(31)16-26(36-27(28)19-3-6-21(33)7-4-19)32(2,40)17-35-29(38)20-5-10-24(37-11-13-41-14-12-37)25(15-20)43-22-8-9-22/h3-7,10,15-16,22,40H,8-9,11-14,17-18H2,1-2H3,(H2,34,39)(H,35,38)/t31-,32-/m0/s1. The molecule has 226 valence electrons. The van der Waals surface area contributed by atoms with Gasteiger partial charge in [0.25, 0.3) is 5.91 Å². The summed E-state index contributed by atoms with van der Waals surface area (Å²) in [6.07, 6.45) is 2.11. The summed E-state index contributed by atoms with van der Waals surface area (Å²) >= 11 is 0. The van der Waals surface area contributed by atoms with Gasteiger partial charge in [-0.1, -0.05) is 0 Å². The molecule has 1 aliphatic carbocycles. The van der Waals surface area contributed by atoms with Crippen LogP contribution in [0.4, 0.5) is 10.1 Å². The maximum absolute atomic E-state index is 13.7. The number of benzene rings is 2. The van der Waals surface area contributed by atoms with Gasteiger partial charge in [0.2, 0.25) is 5.91 Å². The first kappa shape index (κ1) is 28.9. The molecule has 2 aliphatic heterocycles. The van der Waals surface area contributed by atoms with Crippen LogP contribution in [0.3, 0.4) is 0 Å². The summed E-state index contributed by atoms with van der Waals surface area (Å²) in [6.45, 7) is 5.75. The fraction of sp³-hybridized carbons (Fsp3) is 0.406. The summed E-state index contributed by atoms with van der Waals surface area (Å²) in [4.78, 5) is 32.6. The second kappa shape index (κ2) is 11.1. The summed E-state index contributed by atoms with van der Waals surface area (Å²) in [7, 11) is 0. The van der Waals surface area contributed by atoms with Crippen LogP contribution < -0.4 is 25.4 Å². The number of carbonyl (C=O) groups excluding carboxylic acids is 2. The fourth-order valence-electron chi connectivity index (χ4n) is 5.29. The maximum Gasteiger partial charge on any atom is 0.251 e. The van der Waals surface area contributed by atoms with Gasteiger partial charge in [-0.25, -0.2) is 9.37 Å². The van der Waals surface area contributed by atoms with E-state index in [4.69, 9.17) is 19.9 Å². The molecule has 10 nitrogen and oxygen atoms in total. The van der Waals surface area contributed by atoms with E-state index in [-0.39, 0.29) is 30.9 Å². The van der Waals surface area contributed by atoms with E-state index in [0.29, 0.717) is 47.1 Å². The topological polar surface area (TPSA) is 136 Å². The van der Waals surface area contributed by atoms with E-state index in [1.807, 2.05) is 6.07 Å². The molecule has 43 heavy (non-hydrogen) atoms. The number of aromatic nitrogens is 1. The molecular weight excluding hydrogens is 555 g/mol. The van der Waals surface area contributed by atoms with E-state index in [1.165, 1.54) is 19.1 Å². The van der Waals surface area contributed by atoms with Gasteiger partial charge in [0.1, 0.15) is 40.6 Å². The largest absolute Gasteiger partial charge is 0.489 e. The first-order chi connectivity index (χ1) is 20.5. The third-order valence-electron chi connectivity index (χ3n) is 8.27. The van der Waals surface area contributed by atoms with Crippen LogP contribution in [0.2, 0.25) is 0 Å². The predicted octanol–water partition coefficient (Wildman–Crippen LogP) is 3.04. The molecule has 1 saturated heterocycles. The number of hydrogen-bond acceptors (Lipinski definition) is 8. The third-order valence-corrected chi connectivity index (χ3v) is 8.27. The van der Waals surface area contributed by atoms with E-state index in [1.54, 1.807) is 37.3 Å². The molecule has 4 N–H and O–H groups in total. The van der Waals surface area contributed by atoms with E-state index < -0.39 is 22.7 Å². The Morgan fingerprint density at radius 2 is 1.91 bits per heavy atom. The highest BCUT2D eigenvalue weighted by molar-refractivity contribution is 5.95. The number of aliphatic hydroxyl groups is 1. The van der Waals surface area contributed by atoms with Gasteiger partial charge in [-0.15, -0.1) is 0 Å². The van der Waals surface area contributed by atoms with Gasteiger partial charge in [-0.2, -0.15) is 0 Å². The number of nitrogens with two attached hydrogens (primary N) is 1. The van der Waals surface area contributed by atoms with E-state index >= 15 is 0 Å². The van der Waals surface area contributed by atoms with Crippen molar-refractivity contribution in [2.24, 2.45) is 5.73 Å². The van der Waals surface area contributed by atoms with Crippen molar-refractivity contribution < 1.29 is 33.3 Å². The molecule has 2 atom stereocenters. The average Bonchev–Trinajstić information content (AvgIpc) is 3.76. The number of pyridine rings is 1. The number of halogens is 1. The molecule has 6 rings (SSSR count). The van der Waals surface area contributed by atoms with Gasteiger partial charge in [0.05, 0.1) is 37.2 Å². The summed E-state index contributed by atoms with van der Waals surface area (Å²) in [5, 5.41) is 14.4. The summed E-state index contributed by atoms with van der Waals surface area (Å²) in [5.41, 5.74) is 5.80. The van der Waals surface area contributed by atoms with Gasteiger partial charge in [0, 0.05) is 29.8 Å². The lowest BCUT2D eigenvalue weighted by molar-refractivity contribution is -0.123. The highest BCUT2D eigenvalue weighted by atomic mass is 19.1. The van der Waals surface area contributed by atoms with Crippen molar-refractivity contribution in [2.75, 3.05) is 44.4 Å². The number of morpholine rings is 1. The van der Waals surface area contributed by atoms with Crippen molar-refractivity contribution in [3.63, 3.8) is 0 Å². The zero-order valence-corrected chi connectivity index (χ0v) is 24.2. The summed E-state index contributed by atoms with van der Waals surface area (Å²) in [6, 6.07) is 12.6.